The van der Waals surface area contributed by atoms with Crippen LogP contribution in [0.15, 0.2) is 97.1 Å². The number of carbonyl (C=O) groups excluding carboxylic acids is 1. The summed E-state index contributed by atoms with van der Waals surface area (Å²) in [6, 6.07) is 26.7. The molecule has 4 aromatic carbocycles. The van der Waals surface area contributed by atoms with Gasteiger partial charge < -0.3 is 5.11 Å². The van der Waals surface area contributed by atoms with Gasteiger partial charge in [0.2, 0.25) is 0 Å². The summed E-state index contributed by atoms with van der Waals surface area (Å²) in [6.45, 7) is -0.209. The third kappa shape index (κ3) is 5.42. The van der Waals surface area contributed by atoms with E-state index in [0.717, 1.165) is 10.8 Å². The van der Waals surface area contributed by atoms with E-state index in [1.165, 1.54) is 12.1 Å². The fourth-order valence-electron chi connectivity index (χ4n) is 4.35. The second kappa shape index (κ2) is 11.9. The highest BCUT2D eigenvalue weighted by Gasteiger charge is 2.15. The summed E-state index contributed by atoms with van der Waals surface area (Å²) < 4.78 is 27.8. The molecule has 2 aromatic heterocycles. The van der Waals surface area contributed by atoms with E-state index in [1.54, 1.807) is 66.7 Å². The normalized spacial score (nSPS) is 10.8. The zero-order valence-corrected chi connectivity index (χ0v) is 22.3. The van der Waals surface area contributed by atoms with E-state index >= 15 is 0 Å². The number of hydrogen-bond acceptors (Lipinski definition) is 4. The molecule has 6 rings (SSSR count). The van der Waals surface area contributed by atoms with E-state index in [-0.39, 0.29) is 18.0 Å². The molecule has 40 heavy (non-hydrogen) atoms. The first-order valence-electron chi connectivity index (χ1n) is 12.1. The smallest absolute Gasteiger partial charge is 0.152 e. The number of aliphatic hydroxyl groups excluding tert-OH is 1. The molecule has 1 N–H and O–H groups in total. The Labute approximate surface area is 238 Å². The van der Waals surface area contributed by atoms with Crippen molar-refractivity contribution in [1.29, 1.82) is 0 Å². The lowest BCUT2D eigenvalue weighted by Crippen LogP contribution is -1.96. The second-order valence-electron chi connectivity index (χ2n) is 8.78. The van der Waals surface area contributed by atoms with Crippen LogP contribution in [-0.2, 0) is 6.61 Å². The summed E-state index contributed by atoms with van der Waals surface area (Å²) in [7, 11) is 0. The lowest BCUT2D eigenvalue weighted by atomic mass is 10.0. The maximum absolute atomic E-state index is 13.9. The first-order chi connectivity index (χ1) is 19.4. The first-order valence-corrected chi connectivity index (χ1v) is 12.9. The Morgan fingerprint density at radius 2 is 1.18 bits per heavy atom. The van der Waals surface area contributed by atoms with Crippen LogP contribution in [0.25, 0.3) is 44.3 Å². The fraction of sp³-hybridized carbons (Fsp3) is 0.0312. The summed E-state index contributed by atoms with van der Waals surface area (Å²) >= 11 is 12.2. The molecule has 0 spiro atoms. The van der Waals surface area contributed by atoms with Gasteiger partial charge in [-0.05, 0) is 48.5 Å². The highest BCUT2D eigenvalue weighted by Crippen LogP contribution is 2.31. The minimum Gasteiger partial charge on any atom is -0.392 e. The van der Waals surface area contributed by atoms with E-state index < -0.39 is 5.82 Å². The van der Waals surface area contributed by atoms with Gasteiger partial charge in [-0.25, -0.2) is 18.7 Å². The monoisotopic (exact) mass is 572 g/mol. The van der Waals surface area contributed by atoms with Crippen LogP contribution in [-0.4, -0.2) is 21.4 Å². The van der Waals surface area contributed by atoms with Crippen molar-refractivity contribution in [3.63, 3.8) is 0 Å². The molecule has 0 aliphatic carbocycles. The largest absolute Gasteiger partial charge is 0.392 e. The minimum atomic E-state index is -0.422. The van der Waals surface area contributed by atoms with E-state index in [9.17, 15) is 18.7 Å². The van der Waals surface area contributed by atoms with E-state index in [2.05, 4.69) is 9.97 Å². The van der Waals surface area contributed by atoms with Crippen molar-refractivity contribution in [2.24, 2.45) is 0 Å². The molecule has 8 heteroatoms. The molecule has 0 radical (unpaired) electrons. The average Bonchev–Trinajstić information content (AvgIpc) is 2.97. The molecule has 0 aliphatic rings. The quantitative estimate of drug-likeness (QED) is 0.214. The number of aldehydes is 1. The number of halogens is 4. The van der Waals surface area contributed by atoms with Crippen molar-refractivity contribution in [2.75, 3.05) is 0 Å². The number of carbonyl (C=O) groups is 1. The van der Waals surface area contributed by atoms with Crippen molar-refractivity contribution in [2.45, 2.75) is 6.61 Å². The molecule has 2 heterocycles. The summed E-state index contributed by atoms with van der Waals surface area (Å²) in [5.41, 5.74) is 3.44. The van der Waals surface area contributed by atoms with Gasteiger partial charge in [-0.3, -0.25) is 4.79 Å². The molecular formula is C32H20Cl2F2N2O2. The summed E-state index contributed by atoms with van der Waals surface area (Å²) in [5.74, 6) is -0.796. The maximum atomic E-state index is 13.9. The van der Waals surface area contributed by atoms with Crippen LogP contribution < -0.4 is 0 Å². The highest BCUT2D eigenvalue weighted by molar-refractivity contribution is 6.35. The Balaban J connectivity index is 0.000000161. The van der Waals surface area contributed by atoms with Crippen molar-refractivity contribution < 1.29 is 18.7 Å². The number of para-hydroxylation sites is 2. The lowest BCUT2D eigenvalue weighted by molar-refractivity contribution is 0.112. The topological polar surface area (TPSA) is 63.1 Å². The molecule has 4 nitrogen and oxygen atoms in total. The number of pyridine rings is 2. The average molecular weight is 573 g/mol. The van der Waals surface area contributed by atoms with Gasteiger partial charge in [0.05, 0.1) is 39.1 Å². The standard InChI is InChI=1S/C16H11ClFNO.C16H9ClFNO/c2*17-13-6-3-4-10-8-11(9-20)15(19-16(10)13)12-5-1-2-7-14(12)18/h1-8,20H,9H2;1-9H. The Morgan fingerprint density at radius 1 is 0.675 bits per heavy atom. The second-order valence-corrected chi connectivity index (χ2v) is 9.60. The fourth-order valence-corrected chi connectivity index (χ4v) is 4.80. The van der Waals surface area contributed by atoms with Crippen LogP contribution in [0, 0.1) is 11.6 Å². The van der Waals surface area contributed by atoms with Gasteiger partial charge in [0, 0.05) is 33.0 Å². The molecule has 0 amide bonds. The van der Waals surface area contributed by atoms with Crippen LogP contribution in [0.2, 0.25) is 10.0 Å². The molecule has 6 aromatic rings. The SMILES string of the molecule is O=Cc1cc2cccc(Cl)c2nc1-c1ccccc1F.OCc1cc2cccc(Cl)c2nc1-c1ccccc1F. The Kier molecular flexibility index (Phi) is 8.12. The molecule has 0 saturated heterocycles. The van der Waals surface area contributed by atoms with Crippen LogP contribution >= 0.6 is 23.2 Å². The van der Waals surface area contributed by atoms with E-state index in [1.807, 2.05) is 18.2 Å². The number of fused-ring (bicyclic) bond motifs is 2. The molecule has 198 valence electrons. The Bertz CT molecular complexity index is 1880. The first kappa shape index (κ1) is 27.3. The third-order valence-electron chi connectivity index (χ3n) is 6.26. The van der Waals surface area contributed by atoms with Crippen LogP contribution in [0.4, 0.5) is 8.78 Å². The molecule has 0 atom stereocenters. The zero-order chi connectivity index (χ0) is 28.2. The summed E-state index contributed by atoms with van der Waals surface area (Å²) in [5, 5.41) is 12.0. The molecule has 0 unspecified atom stereocenters. The van der Waals surface area contributed by atoms with Gasteiger partial charge in [0.1, 0.15) is 11.6 Å². The molecule has 0 bridgehead atoms. The zero-order valence-electron chi connectivity index (χ0n) is 20.8. The van der Waals surface area contributed by atoms with Crippen LogP contribution in [0.3, 0.4) is 0 Å². The van der Waals surface area contributed by atoms with Crippen molar-refractivity contribution in [3.8, 4) is 22.5 Å². The van der Waals surface area contributed by atoms with Gasteiger partial charge in [-0.2, -0.15) is 0 Å². The number of nitrogens with zero attached hydrogens (tertiary/aromatic N) is 2. The summed E-state index contributed by atoms with van der Waals surface area (Å²) in [6.07, 6.45) is 0.676. The molecule has 0 saturated carbocycles. The molecule has 0 fully saturated rings. The minimum absolute atomic E-state index is 0.209. The highest BCUT2D eigenvalue weighted by atomic mass is 35.5. The van der Waals surface area contributed by atoms with Crippen LogP contribution in [0.5, 0.6) is 0 Å². The number of hydrogen-bond donors (Lipinski definition) is 1. The third-order valence-corrected chi connectivity index (χ3v) is 6.87. The van der Waals surface area contributed by atoms with Crippen molar-refractivity contribution in [1.82, 2.24) is 9.97 Å². The number of aliphatic hydroxyl groups is 1. The van der Waals surface area contributed by atoms with E-state index in [4.69, 9.17) is 23.2 Å². The lowest BCUT2D eigenvalue weighted by Gasteiger charge is -2.10. The number of aromatic nitrogens is 2. The van der Waals surface area contributed by atoms with Gasteiger partial charge in [0.15, 0.2) is 6.29 Å². The summed E-state index contributed by atoms with van der Waals surface area (Å²) in [4.78, 5) is 20.1. The number of benzene rings is 4. The van der Waals surface area contributed by atoms with Gasteiger partial charge in [0.25, 0.3) is 0 Å². The predicted octanol–water partition coefficient (Wildman–Crippen LogP) is 8.69. The number of rotatable bonds is 4. The van der Waals surface area contributed by atoms with Gasteiger partial charge in [-0.1, -0.05) is 71.7 Å². The predicted molar refractivity (Wildman–Crippen MR) is 156 cm³/mol. The van der Waals surface area contributed by atoms with Crippen LogP contribution in [0.1, 0.15) is 15.9 Å². The van der Waals surface area contributed by atoms with Crippen molar-refractivity contribution >= 4 is 51.3 Å². The Morgan fingerprint density at radius 3 is 1.70 bits per heavy atom. The van der Waals surface area contributed by atoms with E-state index in [0.29, 0.717) is 55.4 Å². The van der Waals surface area contributed by atoms with Gasteiger partial charge >= 0.3 is 0 Å². The Hall–Kier alpha value is -4.23. The van der Waals surface area contributed by atoms with Crippen molar-refractivity contribution in [3.05, 3.63) is 130 Å². The molecule has 0 aliphatic heterocycles. The van der Waals surface area contributed by atoms with Gasteiger partial charge in [-0.15, -0.1) is 0 Å². The maximum Gasteiger partial charge on any atom is 0.152 e. The molecular weight excluding hydrogens is 553 g/mol.